The molecule has 0 saturated carbocycles. The standard InChI is InChI=1S/C12H13ClN2O2/c1-7-4-8(13)5-9-11(7)17-12(15-9)10-6-16-3-2-14-10/h4-5,10,14H,2-3,6H2,1H3. The van der Waals surface area contributed by atoms with E-state index < -0.39 is 0 Å². The van der Waals surface area contributed by atoms with Crippen LogP contribution in [0.1, 0.15) is 17.5 Å². The van der Waals surface area contributed by atoms with Gasteiger partial charge in [0, 0.05) is 11.6 Å². The highest BCUT2D eigenvalue weighted by atomic mass is 35.5. The van der Waals surface area contributed by atoms with Crippen molar-refractivity contribution in [3.63, 3.8) is 0 Å². The smallest absolute Gasteiger partial charge is 0.215 e. The second-order valence-electron chi connectivity index (χ2n) is 4.20. The first-order valence-electron chi connectivity index (χ1n) is 5.62. The Morgan fingerprint density at radius 3 is 3.12 bits per heavy atom. The molecule has 5 heteroatoms. The minimum atomic E-state index is 0.0364. The van der Waals surface area contributed by atoms with E-state index in [1.165, 1.54) is 0 Å². The number of aromatic nitrogens is 1. The molecule has 4 nitrogen and oxygen atoms in total. The number of nitrogens with one attached hydrogen (secondary N) is 1. The largest absolute Gasteiger partial charge is 0.439 e. The fraction of sp³-hybridized carbons (Fsp3) is 0.417. The summed E-state index contributed by atoms with van der Waals surface area (Å²) in [4.78, 5) is 4.46. The molecule has 1 aliphatic rings. The van der Waals surface area contributed by atoms with Crippen LogP contribution in [0, 0.1) is 6.92 Å². The maximum atomic E-state index is 6.00. The van der Waals surface area contributed by atoms with E-state index in [0.717, 1.165) is 29.8 Å². The molecule has 1 atom stereocenters. The Kier molecular flexibility index (Phi) is 2.78. The van der Waals surface area contributed by atoms with E-state index >= 15 is 0 Å². The Morgan fingerprint density at radius 2 is 2.35 bits per heavy atom. The summed E-state index contributed by atoms with van der Waals surface area (Å²) in [6, 6.07) is 3.74. The first kappa shape index (κ1) is 11.0. The zero-order chi connectivity index (χ0) is 11.8. The second kappa shape index (κ2) is 4.29. The van der Waals surface area contributed by atoms with E-state index in [2.05, 4.69) is 10.3 Å². The predicted molar refractivity (Wildman–Crippen MR) is 65.3 cm³/mol. The number of fused-ring (bicyclic) bond motifs is 1. The molecule has 0 amide bonds. The van der Waals surface area contributed by atoms with Gasteiger partial charge in [-0.15, -0.1) is 0 Å². The highest BCUT2D eigenvalue weighted by molar-refractivity contribution is 6.31. The van der Waals surface area contributed by atoms with Crippen LogP contribution in [0.4, 0.5) is 0 Å². The van der Waals surface area contributed by atoms with E-state index in [1.54, 1.807) is 0 Å². The predicted octanol–water partition coefficient (Wildman–Crippen LogP) is 2.45. The molecule has 0 aliphatic carbocycles. The van der Waals surface area contributed by atoms with Gasteiger partial charge < -0.3 is 14.5 Å². The van der Waals surface area contributed by atoms with Gasteiger partial charge in [-0.1, -0.05) is 11.6 Å². The summed E-state index contributed by atoms with van der Waals surface area (Å²) < 4.78 is 11.2. The first-order chi connectivity index (χ1) is 8.24. The summed E-state index contributed by atoms with van der Waals surface area (Å²) in [6.45, 7) is 4.12. The Balaban J connectivity index is 2.03. The summed E-state index contributed by atoms with van der Waals surface area (Å²) in [5.41, 5.74) is 2.61. The Bertz CT molecular complexity index is 547. The van der Waals surface area contributed by atoms with Crippen LogP contribution in [0.2, 0.25) is 5.02 Å². The molecule has 1 aliphatic heterocycles. The number of hydrogen-bond acceptors (Lipinski definition) is 4. The van der Waals surface area contributed by atoms with Crippen LogP contribution in [0.5, 0.6) is 0 Å². The van der Waals surface area contributed by atoms with Crippen LogP contribution in [-0.2, 0) is 4.74 Å². The normalized spacial score (nSPS) is 20.9. The van der Waals surface area contributed by atoms with Gasteiger partial charge in [-0.25, -0.2) is 4.98 Å². The molecule has 17 heavy (non-hydrogen) atoms. The van der Waals surface area contributed by atoms with Gasteiger partial charge >= 0.3 is 0 Å². The number of oxazole rings is 1. The average molecular weight is 253 g/mol. The van der Waals surface area contributed by atoms with Gasteiger partial charge in [0.15, 0.2) is 5.58 Å². The van der Waals surface area contributed by atoms with Crippen LogP contribution in [0.15, 0.2) is 16.5 Å². The number of benzene rings is 1. The molecule has 0 bridgehead atoms. The van der Waals surface area contributed by atoms with Crippen molar-refractivity contribution in [1.29, 1.82) is 0 Å². The molecular weight excluding hydrogens is 240 g/mol. The molecule has 1 unspecified atom stereocenters. The summed E-state index contributed by atoms with van der Waals surface area (Å²) in [6.07, 6.45) is 0. The van der Waals surface area contributed by atoms with Gasteiger partial charge in [0.1, 0.15) is 11.6 Å². The van der Waals surface area contributed by atoms with Crippen LogP contribution >= 0.6 is 11.6 Å². The Morgan fingerprint density at radius 1 is 1.47 bits per heavy atom. The molecule has 1 aromatic carbocycles. The SMILES string of the molecule is Cc1cc(Cl)cc2nc(C3COCCN3)oc12. The third kappa shape index (κ3) is 2.04. The van der Waals surface area contributed by atoms with E-state index in [1.807, 2.05) is 19.1 Å². The lowest BCUT2D eigenvalue weighted by atomic mass is 10.2. The maximum absolute atomic E-state index is 6.00. The molecule has 2 heterocycles. The molecule has 2 aromatic rings. The fourth-order valence-corrected chi connectivity index (χ4v) is 2.31. The zero-order valence-corrected chi connectivity index (χ0v) is 10.3. The average Bonchev–Trinajstić information content (AvgIpc) is 2.74. The van der Waals surface area contributed by atoms with Crippen LogP contribution in [-0.4, -0.2) is 24.7 Å². The molecule has 1 aromatic heterocycles. The number of ether oxygens (including phenoxy) is 1. The van der Waals surface area contributed by atoms with Crippen molar-refractivity contribution < 1.29 is 9.15 Å². The lowest BCUT2D eigenvalue weighted by Gasteiger charge is -2.20. The molecule has 1 fully saturated rings. The first-order valence-corrected chi connectivity index (χ1v) is 5.99. The fourth-order valence-electron chi connectivity index (χ4n) is 2.05. The number of aryl methyl sites for hydroxylation is 1. The highest BCUT2D eigenvalue weighted by Crippen LogP contribution is 2.27. The van der Waals surface area contributed by atoms with Gasteiger partial charge in [0.25, 0.3) is 0 Å². The molecule has 0 spiro atoms. The third-order valence-electron chi connectivity index (χ3n) is 2.88. The van der Waals surface area contributed by atoms with Gasteiger partial charge in [0.05, 0.1) is 13.2 Å². The number of halogens is 1. The molecule has 90 valence electrons. The van der Waals surface area contributed by atoms with Crippen LogP contribution < -0.4 is 5.32 Å². The minimum Gasteiger partial charge on any atom is -0.439 e. The van der Waals surface area contributed by atoms with Gasteiger partial charge in [-0.2, -0.15) is 0 Å². The third-order valence-corrected chi connectivity index (χ3v) is 3.10. The van der Waals surface area contributed by atoms with Crippen molar-refractivity contribution in [3.8, 4) is 0 Å². The highest BCUT2D eigenvalue weighted by Gasteiger charge is 2.21. The van der Waals surface area contributed by atoms with E-state index in [9.17, 15) is 0 Å². The Hall–Kier alpha value is -1.10. The molecule has 3 rings (SSSR count). The molecular formula is C12H13ClN2O2. The monoisotopic (exact) mass is 252 g/mol. The van der Waals surface area contributed by atoms with Crippen molar-refractivity contribution in [1.82, 2.24) is 10.3 Å². The number of rotatable bonds is 1. The molecule has 0 radical (unpaired) electrons. The summed E-state index contributed by atoms with van der Waals surface area (Å²) >= 11 is 6.00. The lowest BCUT2D eigenvalue weighted by molar-refractivity contribution is 0.0687. The van der Waals surface area contributed by atoms with E-state index in [0.29, 0.717) is 17.5 Å². The van der Waals surface area contributed by atoms with Crippen molar-refractivity contribution in [2.45, 2.75) is 13.0 Å². The van der Waals surface area contributed by atoms with Gasteiger partial charge in [-0.3, -0.25) is 0 Å². The summed E-state index contributed by atoms with van der Waals surface area (Å²) in [5.74, 6) is 0.671. The molecule has 1 saturated heterocycles. The quantitative estimate of drug-likeness (QED) is 0.847. The van der Waals surface area contributed by atoms with Gasteiger partial charge in [-0.05, 0) is 24.6 Å². The van der Waals surface area contributed by atoms with Gasteiger partial charge in [0.2, 0.25) is 5.89 Å². The lowest BCUT2D eigenvalue weighted by Crippen LogP contribution is -2.34. The molecule has 1 N–H and O–H groups in total. The van der Waals surface area contributed by atoms with Crippen LogP contribution in [0.3, 0.4) is 0 Å². The zero-order valence-electron chi connectivity index (χ0n) is 9.50. The summed E-state index contributed by atoms with van der Waals surface area (Å²) in [5, 5.41) is 4.00. The van der Waals surface area contributed by atoms with E-state index in [4.69, 9.17) is 20.8 Å². The number of nitrogens with zero attached hydrogens (tertiary/aromatic N) is 1. The maximum Gasteiger partial charge on any atom is 0.215 e. The van der Waals surface area contributed by atoms with Crippen molar-refractivity contribution in [2.75, 3.05) is 19.8 Å². The number of hydrogen-bond donors (Lipinski definition) is 1. The van der Waals surface area contributed by atoms with E-state index in [-0.39, 0.29) is 6.04 Å². The van der Waals surface area contributed by atoms with Crippen LogP contribution in [0.25, 0.3) is 11.1 Å². The Labute approximate surface area is 104 Å². The number of morpholine rings is 1. The van der Waals surface area contributed by atoms with Crippen molar-refractivity contribution >= 4 is 22.7 Å². The minimum absolute atomic E-state index is 0.0364. The second-order valence-corrected chi connectivity index (χ2v) is 4.64. The van der Waals surface area contributed by atoms with Crippen molar-refractivity contribution in [2.24, 2.45) is 0 Å². The van der Waals surface area contributed by atoms with Crippen molar-refractivity contribution in [3.05, 3.63) is 28.6 Å². The summed E-state index contributed by atoms with van der Waals surface area (Å²) in [7, 11) is 0. The topological polar surface area (TPSA) is 47.3 Å².